The van der Waals surface area contributed by atoms with E-state index in [0.717, 1.165) is 83.0 Å². The third-order valence-electron chi connectivity index (χ3n) is 12.5. The first-order chi connectivity index (χ1) is 31.2. The maximum absolute atomic E-state index is 5.32. The van der Waals surface area contributed by atoms with Gasteiger partial charge in [-0.15, -0.1) is 0 Å². The van der Waals surface area contributed by atoms with Gasteiger partial charge in [0.05, 0.1) is 33.1 Å². The molecule has 13 aromatic rings. The summed E-state index contributed by atoms with van der Waals surface area (Å²) >= 11 is 0. The molecule has 0 aliphatic rings. The minimum absolute atomic E-state index is 0.618. The van der Waals surface area contributed by atoms with Gasteiger partial charge >= 0.3 is 0 Å². The molecule has 0 amide bonds. The Balaban J connectivity index is 1.04. The van der Waals surface area contributed by atoms with Crippen molar-refractivity contribution < 1.29 is 0 Å². The Morgan fingerprint density at radius 1 is 0.222 bits per heavy atom. The maximum atomic E-state index is 5.32. The molecule has 0 saturated carbocycles. The minimum atomic E-state index is 0.618. The first kappa shape index (κ1) is 35.2. The lowest BCUT2D eigenvalue weighted by Gasteiger charge is -2.11. The van der Waals surface area contributed by atoms with Gasteiger partial charge in [0, 0.05) is 66.1 Å². The first-order valence-corrected chi connectivity index (χ1v) is 21.3. The second kappa shape index (κ2) is 14.0. The monoisotopic (exact) mass is 804 g/mol. The highest BCUT2D eigenvalue weighted by Crippen LogP contribution is 2.39. The Labute approximate surface area is 362 Å². The van der Waals surface area contributed by atoms with E-state index in [1.165, 1.54) is 16.2 Å². The van der Waals surface area contributed by atoms with Crippen molar-refractivity contribution in [3.63, 3.8) is 0 Å². The molecule has 9 aromatic carbocycles. The van der Waals surface area contributed by atoms with Gasteiger partial charge in [-0.3, -0.25) is 0 Å². The number of para-hydroxylation sites is 6. The lowest BCUT2D eigenvalue weighted by atomic mass is 10.1. The van der Waals surface area contributed by atoms with Crippen molar-refractivity contribution in [2.75, 3.05) is 0 Å². The zero-order valence-corrected chi connectivity index (χ0v) is 34.0. The Hall–Kier alpha value is -8.61. The highest BCUT2D eigenvalue weighted by molar-refractivity contribution is 6.12. The van der Waals surface area contributed by atoms with Crippen molar-refractivity contribution in [1.29, 1.82) is 0 Å². The van der Waals surface area contributed by atoms with E-state index in [4.69, 9.17) is 15.0 Å². The molecular weight excluding hydrogens is 769 g/mol. The highest BCUT2D eigenvalue weighted by Gasteiger charge is 2.20. The summed E-state index contributed by atoms with van der Waals surface area (Å²) in [6, 6.07) is 77.3. The molecule has 0 bridgehead atoms. The molecule has 4 heterocycles. The molecule has 0 N–H and O–H groups in total. The molecule has 6 nitrogen and oxygen atoms in total. The van der Waals surface area contributed by atoms with Crippen LogP contribution in [0.25, 0.3) is 117 Å². The van der Waals surface area contributed by atoms with Gasteiger partial charge in [0.2, 0.25) is 0 Å². The molecule has 0 fully saturated rings. The number of benzene rings is 9. The summed E-state index contributed by atoms with van der Waals surface area (Å²) < 4.78 is 7.00. The predicted molar refractivity (Wildman–Crippen MR) is 259 cm³/mol. The van der Waals surface area contributed by atoms with Gasteiger partial charge in [0.25, 0.3) is 0 Å². The standard InChI is InChI=1S/C57H36N6/c1-4-16-40(17-5-1)61-49-25-13-10-22-43(49)46-34-37(28-31-52(46)61)55-58-56(38-29-32-53-47(35-38)44-23-11-14-26-50(44)62(53)41-18-6-2-7-19-41)60-57(59-55)39-30-33-54-48(36-39)45-24-12-15-27-51(45)63(54)42-20-8-3-9-21-42/h1-36H. The second-order valence-electron chi connectivity index (χ2n) is 16.1. The lowest BCUT2D eigenvalue weighted by Crippen LogP contribution is -2.00. The summed E-state index contributed by atoms with van der Waals surface area (Å²) in [6.07, 6.45) is 0. The number of hydrogen-bond donors (Lipinski definition) is 0. The summed E-state index contributed by atoms with van der Waals surface area (Å²) in [7, 11) is 0. The molecule has 0 spiro atoms. The summed E-state index contributed by atoms with van der Waals surface area (Å²) in [6.45, 7) is 0. The van der Waals surface area contributed by atoms with Crippen LogP contribution in [0, 0.1) is 0 Å². The number of aromatic nitrogens is 6. The van der Waals surface area contributed by atoms with Gasteiger partial charge in [-0.05, 0) is 109 Å². The molecule has 294 valence electrons. The molecular formula is C57H36N6. The molecule has 0 atom stereocenters. The van der Waals surface area contributed by atoms with E-state index in [9.17, 15) is 0 Å². The van der Waals surface area contributed by atoms with Gasteiger partial charge in [0.15, 0.2) is 17.5 Å². The van der Waals surface area contributed by atoms with Crippen molar-refractivity contribution in [3.05, 3.63) is 218 Å². The first-order valence-electron chi connectivity index (χ1n) is 21.3. The largest absolute Gasteiger partial charge is 0.309 e. The molecule has 4 aromatic heterocycles. The van der Waals surface area contributed by atoms with Gasteiger partial charge in [-0.25, -0.2) is 15.0 Å². The number of fused-ring (bicyclic) bond motifs is 9. The van der Waals surface area contributed by atoms with Crippen LogP contribution in [-0.4, -0.2) is 28.7 Å². The summed E-state index contributed by atoms with van der Waals surface area (Å²) in [5.41, 5.74) is 13.0. The van der Waals surface area contributed by atoms with Gasteiger partial charge in [0.1, 0.15) is 0 Å². The van der Waals surface area contributed by atoms with E-state index in [1.54, 1.807) is 0 Å². The van der Waals surface area contributed by atoms with Crippen LogP contribution in [0.2, 0.25) is 0 Å². The van der Waals surface area contributed by atoms with Crippen LogP contribution in [-0.2, 0) is 0 Å². The molecule has 0 saturated heterocycles. The maximum Gasteiger partial charge on any atom is 0.164 e. The minimum Gasteiger partial charge on any atom is -0.309 e. The van der Waals surface area contributed by atoms with E-state index in [-0.39, 0.29) is 0 Å². The molecule has 0 aliphatic carbocycles. The van der Waals surface area contributed by atoms with Crippen LogP contribution in [0.4, 0.5) is 0 Å². The average Bonchev–Trinajstić information content (AvgIpc) is 3.99. The average molecular weight is 805 g/mol. The third-order valence-corrected chi connectivity index (χ3v) is 12.5. The normalized spacial score (nSPS) is 11.8. The van der Waals surface area contributed by atoms with Crippen molar-refractivity contribution in [2.45, 2.75) is 0 Å². The number of hydrogen-bond acceptors (Lipinski definition) is 3. The molecule has 0 radical (unpaired) electrons. The van der Waals surface area contributed by atoms with Gasteiger partial charge in [-0.1, -0.05) is 109 Å². The van der Waals surface area contributed by atoms with Crippen LogP contribution in [0.5, 0.6) is 0 Å². The van der Waals surface area contributed by atoms with E-state index < -0.39 is 0 Å². The third kappa shape index (κ3) is 5.55. The Morgan fingerprint density at radius 2 is 0.476 bits per heavy atom. The Kier molecular flexibility index (Phi) is 7.80. The van der Waals surface area contributed by atoms with Crippen molar-refractivity contribution in [3.8, 4) is 51.2 Å². The zero-order chi connectivity index (χ0) is 41.4. The smallest absolute Gasteiger partial charge is 0.164 e. The summed E-state index contributed by atoms with van der Waals surface area (Å²) in [4.78, 5) is 16.0. The Bertz CT molecular complexity index is 3480. The van der Waals surface area contributed by atoms with Gasteiger partial charge < -0.3 is 13.7 Å². The molecule has 63 heavy (non-hydrogen) atoms. The van der Waals surface area contributed by atoms with Crippen LogP contribution in [0.3, 0.4) is 0 Å². The zero-order valence-electron chi connectivity index (χ0n) is 34.0. The van der Waals surface area contributed by atoms with E-state index in [1.807, 2.05) is 0 Å². The van der Waals surface area contributed by atoms with Crippen LogP contribution < -0.4 is 0 Å². The van der Waals surface area contributed by atoms with E-state index in [0.29, 0.717) is 17.5 Å². The fourth-order valence-corrected chi connectivity index (χ4v) is 9.66. The van der Waals surface area contributed by atoms with Crippen LogP contribution in [0.1, 0.15) is 0 Å². The second-order valence-corrected chi connectivity index (χ2v) is 16.1. The van der Waals surface area contributed by atoms with Crippen molar-refractivity contribution in [2.24, 2.45) is 0 Å². The number of rotatable bonds is 6. The summed E-state index contributed by atoms with van der Waals surface area (Å²) in [5.74, 6) is 1.85. The predicted octanol–water partition coefficient (Wildman–Crippen LogP) is 14.2. The van der Waals surface area contributed by atoms with Crippen molar-refractivity contribution in [1.82, 2.24) is 28.7 Å². The van der Waals surface area contributed by atoms with E-state index >= 15 is 0 Å². The van der Waals surface area contributed by atoms with Crippen LogP contribution in [0.15, 0.2) is 218 Å². The molecule has 6 heteroatoms. The Morgan fingerprint density at radius 3 is 0.778 bits per heavy atom. The van der Waals surface area contributed by atoms with Crippen LogP contribution >= 0.6 is 0 Å². The van der Waals surface area contributed by atoms with Gasteiger partial charge in [-0.2, -0.15) is 0 Å². The SMILES string of the molecule is c1ccc(-n2c3ccccc3c3cc(-c4nc(-c5ccc6c(c5)c5ccccc5n6-c5ccccc5)nc(-c5ccc6c(c5)c5ccccc5n6-c5ccccc5)n4)ccc32)cc1. The van der Waals surface area contributed by atoms with E-state index in [2.05, 4.69) is 232 Å². The fourth-order valence-electron chi connectivity index (χ4n) is 9.66. The lowest BCUT2D eigenvalue weighted by molar-refractivity contribution is 1.07. The number of nitrogens with zero attached hydrogens (tertiary/aromatic N) is 6. The highest BCUT2D eigenvalue weighted by atomic mass is 15.0. The topological polar surface area (TPSA) is 53.5 Å². The quantitative estimate of drug-likeness (QED) is 0.168. The molecule has 0 unspecified atom stereocenters. The van der Waals surface area contributed by atoms with Crippen molar-refractivity contribution >= 4 is 65.4 Å². The molecule has 0 aliphatic heterocycles. The molecule has 13 rings (SSSR count). The summed E-state index contributed by atoms with van der Waals surface area (Å²) in [5, 5.41) is 6.94. The fraction of sp³-hybridized carbons (Fsp3) is 0.